The van der Waals surface area contributed by atoms with Crippen molar-refractivity contribution in [3.63, 3.8) is 0 Å². The molecule has 0 amide bonds. The Hall–Kier alpha value is -1.93. The van der Waals surface area contributed by atoms with Crippen LogP contribution in [-0.4, -0.2) is 12.8 Å². The standard InChI is InChI=1S/C16H15NO/c18-11-12-2-1-3-13(8-12)14-4-5-16-10-17-7-6-15(16)9-14/h1-5,8-9,11,17H,6-7,10H2. The second kappa shape index (κ2) is 4.75. The summed E-state index contributed by atoms with van der Waals surface area (Å²) < 4.78 is 0. The van der Waals surface area contributed by atoms with E-state index in [1.807, 2.05) is 18.2 Å². The fraction of sp³-hybridized carbons (Fsp3) is 0.188. The van der Waals surface area contributed by atoms with E-state index in [0.29, 0.717) is 0 Å². The zero-order chi connectivity index (χ0) is 12.4. The lowest BCUT2D eigenvalue weighted by Gasteiger charge is -2.18. The highest BCUT2D eigenvalue weighted by Gasteiger charge is 2.09. The van der Waals surface area contributed by atoms with Gasteiger partial charge < -0.3 is 5.32 Å². The highest BCUT2D eigenvalue weighted by molar-refractivity contribution is 5.79. The number of aldehydes is 1. The molecule has 0 saturated carbocycles. The van der Waals surface area contributed by atoms with Gasteiger partial charge in [-0.15, -0.1) is 0 Å². The summed E-state index contributed by atoms with van der Waals surface area (Å²) in [5.74, 6) is 0. The maximum absolute atomic E-state index is 10.8. The Balaban J connectivity index is 2.03. The van der Waals surface area contributed by atoms with Crippen molar-refractivity contribution < 1.29 is 4.79 Å². The molecule has 2 aromatic rings. The molecule has 2 nitrogen and oxygen atoms in total. The summed E-state index contributed by atoms with van der Waals surface area (Å²) in [6, 6.07) is 14.3. The molecule has 2 heteroatoms. The fourth-order valence-corrected chi connectivity index (χ4v) is 2.45. The monoisotopic (exact) mass is 237 g/mol. The molecule has 2 aromatic carbocycles. The average Bonchev–Trinajstić information content (AvgIpc) is 2.47. The number of hydrogen-bond acceptors (Lipinski definition) is 2. The van der Waals surface area contributed by atoms with Crippen molar-refractivity contribution >= 4 is 6.29 Å². The van der Waals surface area contributed by atoms with Crippen LogP contribution in [0.2, 0.25) is 0 Å². The summed E-state index contributed by atoms with van der Waals surface area (Å²) >= 11 is 0. The molecule has 1 aliphatic rings. The molecule has 18 heavy (non-hydrogen) atoms. The Morgan fingerprint density at radius 1 is 1.00 bits per heavy atom. The molecule has 3 rings (SSSR count). The van der Waals surface area contributed by atoms with Crippen LogP contribution in [0.1, 0.15) is 21.5 Å². The molecule has 0 atom stereocenters. The summed E-state index contributed by atoms with van der Waals surface area (Å²) in [5.41, 5.74) is 5.84. The molecule has 0 saturated heterocycles. The maximum atomic E-state index is 10.8. The Morgan fingerprint density at radius 2 is 1.89 bits per heavy atom. The lowest BCUT2D eigenvalue weighted by Crippen LogP contribution is -2.23. The third-order valence-electron chi connectivity index (χ3n) is 3.45. The van der Waals surface area contributed by atoms with Crippen LogP contribution in [0.5, 0.6) is 0 Å². The van der Waals surface area contributed by atoms with E-state index in [0.717, 1.165) is 36.9 Å². The van der Waals surface area contributed by atoms with Gasteiger partial charge in [-0.25, -0.2) is 0 Å². The van der Waals surface area contributed by atoms with Crippen LogP contribution < -0.4 is 5.32 Å². The van der Waals surface area contributed by atoms with E-state index in [4.69, 9.17) is 0 Å². The van der Waals surface area contributed by atoms with Crippen molar-refractivity contribution in [3.05, 3.63) is 59.2 Å². The minimum atomic E-state index is 0.729. The Labute approximate surface area is 107 Å². The summed E-state index contributed by atoms with van der Waals surface area (Å²) in [7, 11) is 0. The number of carbonyl (C=O) groups excluding carboxylic acids is 1. The third kappa shape index (κ3) is 2.07. The lowest BCUT2D eigenvalue weighted by atomic mass is 9.95. The van der Waals surface area contributed by atoms with Gasteiger partial charge in [0, 0.05) is 12.1 Å². The predicted molar refractivity (Wildman–Crippen MR) is 72.7 cm³/mol. The first-order valence-electron chi connectivity index (χ1n) is 6.25. The van der Waals surface area contributed by atoms with Gasteiger partial charge in [0.15, 0.2) is 0 Å². The van der Waals surface area contributed by atoms with Crippen LogP contribution in [0.3, 0.4) is 0 Å². The highest BCUT2D eigenvalue weighted by Crippen LogP contribution is 2.24. The van der Waals surface area contributed by atoms with Gasteiger partial charge in [0.25, 0.3) is 0 Å². The van der Waals surface area contributed by atoms with Crippen molar-refractivity contribution in [2.45, 2.75) is 13.0 Å². The smallest absolute Gasteiger partial charge is 0.150 e. The molecule has 0 bridgehead atoms. The van der Waals surface area contributed by atoms with Crippen LogP contribution >= 0.6 is 0 Å². The number of carbonyl (C=O) groups is 1. The van der Waals surface area contributed by atoms with Gasteiger partial charge in [0.05, 0.1) is 0 Å². The molecule has 1 N–H and O–H groups in total. The SMILES string of the molecule is O=Cc1cccc(-c2ccc3c(c2)CCNC3)c1. The zero-order valence-electron chi connectivity index (χ0n) is 10.1. The van der Waals surface area contributed by atoms with E-state index in [9.17, 15) is 4.79 Å². The average molecular weight is 237 g/mol. The second-order valence-corrected chi connectivity index (χ2v) is 4.65. The van der Waals surface area contributed by atoms with E-state index in [1.165, 1.54) is 16.7 Å². The molecule has 90 valence electrons. The Bertz CT molecular complexity index is 589. The first-order chi connectivity index (χ1) is 8.86. The number of benzene rings is 2. The van der Waals surface area contributed by atoms with E-state index >= 15 is 0 Å². The van der Waals surface area contributed by atoms with E-state index in [2.05, 4.69) is 29.6 Å². The Kier molecular flexibility index (Phi) is 2.95. The van der Waals surface area contributed by atoms with E-state index < -0.39 is 0 Å². The van der Waals surface area contributed by atoms with E-state index in [-0.39, 0.29) is 0 Å². The summed E-state index contributed by atoms with van der Waals surface area (Å²) in [4.78, 5) is 10.8. The number of hydrogen-bond donors (Lipinski definition) is 1. The van der Waals surface area contributed by atoms with Crippen molar-refractivity contribution in [1.29, 1.82) is 0 Å². The number of rotatable bonds is 2. The molecule has 1 heterocycles. The van der Waals surface area contributed by atoms with Gasteiger partial charge in [-0.1, -0.05) is 36.4 Å². The van der Waals surface area contributed by atoms with Gasteiger partial charge in [0.2, 0.25) is 0 Å². The van der Waals surface area contributed by atoms with Crippen LogP contribution in [0.4, 0.5) is 0 Å². The fourth-order valence-electron chi connectivity index (χ4n) is 2.45. The molecule has 0 aromatic heterocycles. The molecular formula is C16H15NO. The number of fused-ring (bicyclic) bond motifs is 1. The summed E-state index contributed by atoms with van der Waals surface area (Å²) in [5, 5.41) is 3.37. The lowest BCUT2D eigenvalue weighted by molar-refractivity contribution is 0.112. The normalized spacial score (nSPS) is 14.0. The summed E-state index contributed by atoms with van der Waals surface area (Å²) in [6.45, 7) is 2.01. The molecule has 0 unspecified atom stereocenters. The number of nitrogens with one attached hydrogen (secondary N) is 1. The first kappa shape index (κ1) is 11.2. The molecule has 0 fully saturated rings. The topological polar surface area (TPSA) is 29.1 Å². The second-order valence-electron chi connectivity index (χ2n) is 4.65. The van der Waals surface area contributed by atoms with Crippen LogP contribution in [0.15, 0.2) is 42.5 Å². The van der Waals surface area contributed by atoms with Gasteiger partial charge in [-0.2, -0.15) is 0 Å². The predicted octanol–water partition coefficient (Wildman–Crippen LogP) is 2.81. The van der Waals surface area contributed by atoms with Gasteiger partial charge in [-0.05, 0) is 41.3 Å². The molecule has 1 aliphatic heterocycles. The first-order valence-corrected chi connectivity index (χ1v) is 6.25. The summed E-state index contributed by atoms with van der Waals surface area (Å²) in [6.07, 6.45) is 1.97. The Morgan fingerprint density at radius 3 is 2.78 bits per heavy atom. The highest BCUT2D eigenvalue weighted by atomic mass is 16.1. The van der Waals surface area contributed by atoms with Crippen LogP contribution in [0.25, 0.3) is 11.1 Å². The molecule has 0 spiro atoms. The quantitative estimate of drug-likeness (QED) is 0.814. The molecular weight excluding hydrogens is 222 g/mol. The van der Waals surface area contributed by atoms with Crippen molar-refractivity contribution in [3.8, 4) is 11.1 Å². The maximum Gasteiger partial charge on any atom is 0.150 e. The zero-order valence-corrected chi connectivity index (χ0v) is 10.1. The van der Waals surface area contributed by atoms with E-state index in [1.54, 1.807) is 0 Å². The van der Waals surface area contributed by atoms with Gasteiger partial charge >= 0.3 is 0 Å². The largest absolute Gasteiger partial charge is 0.312 e. The minimum absolute atomic E-state index is 0.729. The van der Waals surface area contributed by atoms with Crippen molar-refractivity contribution in [2.24, 2.45) is 0 Å². The van der Waals surface area contributed by atoms with Crippen LogP contribution in [0, 0.1) is 0 Å². The van der Waals surface area contributed by atoms with Crippen LogP contribution in [-0.2, 0) is 13.0 Å². The van der Waals surface area contributed by atoms with Gasteiger partial charge in [0.1, 0.15) is 6.29 Å². The van der Waals surface area contributed by atoms with Crippen molar-refractivity contribution in [1.82, 2.24) is 5.32 Å². The third-order valence-corrected chi connectivity index (χ3v) is 3.45. The van der Waals surface area contributed by atoms with Gasteiger partial charge in [-0.3, -0.25) is 4.79 Å². The molecule has 0 aliphatic carbocycles. The van der Waals surface area contributed by atoms with Crippen molar-refractivity contribution in [2.75, 3.05) is 6.54 Å². The molecule has 0 radical (unpaired) electrons. The minimum Gasteiger partial charge on any atom is -0.312 e.